The quantitative estimate of drug-likeness (QED) is 0.860. The minimum atomic E-state index is 0.0606. The van der Waals surface area contributed by atoms with E-state index in [-0.39, 0.29) is 5.91 Å². The van der Waals surface area contributed by atoms with Gasteiger partial charge in [-0.2, -0.15) is 0 Å². The van der Waals surface area contributed by atoms with Gasteiger partial charge in [0.1, 0.15) is 0 Å². The number of hydrogen-bond donors (Lipinski definition) is 1. The number of rotatable bonds is 6. The van der Waals surface area contributed by atoms with Crippen molar-refractivity contribution in [3.8, 4) is 0 Å². The van der Waals surface area contributed by atoms with Gasteiger partial charge in [0, 0.05) is 18.0 Å². The molecule has 4 heteroatoms. The van der Waals surface area contributed by atoms with Crippen molar-refractivity contribution >= 4 is 17.2 Å². The number of aryl methyl sites for hydroxylation is 2. The van der Waals surface area contributed by atoms with Crippen molar-refractivity contribution in [2.75, 3.05) is 13.6 Å². The van der Waals surface area contributed by atoms with Crippen molar-refractivity contribution in [2.45, 2.75) is 45.7 Å². The molecule has 3 nitrogen and oxygen atoms in total. The van der Waals surface area contributed by atoms with Crippen LogP contribution in [0.2, 0.25) is 0 Å². The van der Waals surface area contributed by atoms with Gasteiger partial charge in [0.25, 0.3) is 5.91 Å². The van der Waals surface area contributed by atoms with E-state index in [0.717, 1.165) is 36.4 Å². The van der Waals surface area contributed by atoms with E-state index in [1.54, 1.807) is 11.3 Å². The van der Waals surface area contributed by atoms with Crippen LogP contribution in [0.5, 0.6) is 0 Å². The maximum atomic E-state index is 12.4. The number of thiophene rings is 1. The van der Waals surface area contributed by atoms with Crippen LogP contribution in [-0.4, -0.2) is 24.4 Å². The molecular formula is C20H26N2OS. The standard InChI is InChI=1S/C20H26N2OS/c1-3-22(2)14-16-8-6-7-15(11-16)13-21-20(23)19-12-17-9-4-5-10-18(17)24-19/h6-8,11-12H,3-5,9-10,13-14H2,1-2H3,(H,21,23). The van der Waals surface area contributed by atoms with E-state index in [2.05, 4.69) is 54.5 Å². The molecule has 1 aliphatic carbocycles. The first-order valence-corrected chi connectivity index (χ1v) is 9.63. The summed E-state index contributed by atoms with van der Waals surface area (Å²) in [6, 6.07) is 10.6. The topological polar surface area (TPSA) is 32.3 Å². The van der Waals surface area contributed by atoms with Crippen LogP contribution in [0.15, 0.2) is 30.3 Å². The first-order valence-electron chi connectivity index (χ1n) is 8.82. The number of hydrogen-bond acceptors (Lipinski definition) is 3. The molecule has 0 unspecified atom stereocenters. The van der Waals surface area contributed by atoms with Gasteiger partial charge in [-0.05, 0) is 62.0 Å². The molecular weight excluding hydrogens is 316 g/mol. The minimum Gasteiger partial charge on any atom is -0.347 e. The molecule has 0 fully saturated rings. The molecule has 0 saturated carbocycles. The number of amides is 1. The van der Waals surface area contributed by atoms with Gasteiger partial charge in [0.15, 0.2) is 0 Å². The zero-order chi connectivity index (χ0) is 16.9. The summed E-state index contributed by atoms with van der Waals surface area (Å²) in [7, 11) is 2.12. The van der Waals surface area contributed by atoms with E-state index in [9.17, 15) is 4.79 Å². The van der Waals surface area contributed by atoms with Crippen LogP contribution < -0.4 is 5.32 Å². The van der Waals surface area contributed by atoms with Crippen molar-refractivity contribution < 1.29 is 4.79 Å². The van der Waals surface area contributed by atoms with Gasteiger partial charge in [0.2, 0.25) is 0 Å². The number of fused-ring (bicyclic) bond motifs is 1. The molecule has 24 heavy (non-hydrogen) atoms. The maximum absolute atomic E-state index is 12.4. The van der Waals surface area contributed by atoms with Crippen LogP contribution >= 0.6 is 11.3 Å². The third-order valence-corrected chi connectivity index (χ3v) is 5.89. The first kappa shape index (κ1) is 17.2. The van der Waals surface area contributed by atoms with Gasteiger partial charge >= 0.3 is 0 Å². The number of nitrogens with one attached hydrogen (secondary N) is 1. The van der Waals surface area contributed by atoms with E-state index in [1.165, 1.54) is 28.8 Å². The second-order valence-corrected chi connectivity index (χ2v) is 7.74. The van der Waals surface area contributed by atoms with Crippen LogP contribution in [0.3, 0.4) is 0 Å². The van der Waals surface area contributed by atoms with Crippen molar-refractivity contribution in [3.05, 3.63) is 56.8 Å². The fraction of sp³-hybridized carbons (Fsp3) is 0.450. The Morgan fingerprint density at radius 2 is 2.00 bits per heavy atom. The van der Waals surface area contributed by atoms with Crippen molar-refractivity contribution in [3.63, 3.8) is 0 Å². The number of carbonyl (C=O) groups is 1. The summed E-state index contributed by atoms with van der Waals surface area (Å²) in [4.78, 5) is 17.0. The predicted octanol–water partition coefficient (Wildman–Crippen LogP) is 4.01. The van der Waals surface area contributed by atoms with Crippen molar-refractivity contribution in [2.24, 2.45) is 0 Å². The Bertz CT molecular complexity index is 684. The zero-order valence-electron chi connectivity index (χ0n) is 14.6. The van der Waals surface area contributed by atoms with Gasteiger partial charge in [-0.25, -0.2) is 0 Å². The van der Waals surface area contributed by atoms with Gasteiger partial charge < -0.3 is 10.2 Å². The fourth-order valence-corrected chi connectivity index (χ4v) is 4.30. The zero-order valence-corrected chi connectivity index (χ0v) is 15.4. The lowest BCUT2D eigenvalue weighted by atomic mass is 9.99. The summed E-state index contributed by atoms with van der Waals surface area (Å²) in [6.45, 7) is 4.72. The molecule has 0 aliphatic heterocycles. The van der Waals surface area contributed by atoms with Crippen LogP contribution in [0.1, 0.15) is 51.0 Å². The highest BCUT2D eigenvalue weighted by molar-refractivity contribution is 7.14. The van der Waals surface area contributed by atoms with E-state index >= 15 is 0 Å². The normalized spacial score (nSPS) is 13.8. The summed E-state index contributed by atoms with van der Waals surface area (Å²) >= 11 is 1.67. The second kappa shape index (κ2) is 7.95. The molecule has 128 valence electrons. The monoisotopic (exact) mass is 342 g/mol. The largest absolute Gasteiger partial charge is 0.347 e. The Balaban J connectivity index is 1.60. The lowest BCUT2D eigenvalue weighted by Crippen LogP contribution is -2.22. The van der Waals surface area contributed by atoms with E-state index in [0.29, 0.717) is 6.54 Å². The second-order valence-electron chi connectivity index (χ2n) is 6.60. The fourth-order valence-electron chi connectivity index (χ4n) is 3.13. The Morgan fingerprint density at radius 1 is 1.21 bits per heavy atom. The Hall–Kier alpha value is -1.65. The third kappa shape index (κ3) is 4.25. The number of nitrogens with zero attached hydrogens (tertiary/aromatic N) is 1. The van der Waals surface area contributed by atoms with Gasteiger partial charge in [-0.1, -0.05) is 31.2 Å². The predicted molar refractivity (Wildman–Crippen MR) is 101 cm³/mol. The molecule has 1 heterocycles. The number of benzene rings is 1. The van der Waals surface area contributed by atoms with Crippen LogP contribution in [-0.2, 0) is 25.9 Å². The summed E-state index contributed by atoms with van der Waals surface area (Å²) in [5.41, 5.74) is 3.84. The molecule has 0 spiro atoms. The minimum absolute atomic E-state index is 0.0606. The highest BCUT2D eigenvalue weighted by Crippen LogP contribution is 2.29. The molecule has 1 N–H and O–H groups in total. The highest BCUT2D eigenvalue weighted by Gasteiger charge is 2.17. The number of carbonyl (C=O) groups excluding carboxylic acids is 1. The van der Waals surface area contributed by atoms with E-state index < -0.39 is 0 Å². The van der Waals surface area contributed by atoms with Crippen LogP contribution in [0.25, 0.3) is 0 Å². The van der Waals surface area contributed by atoms with Crippen molar-refractivity contribution in [1.29, 1.82) is 0 Å². The summed E-state index contributed by atoms with van der Waals surface area (Å²) < 4.78 is 0. The molecule has 1 aliphatic rings. The average molecular weight is 343 g/mol. The van der Waals surface area contributed by atoms with Gasteiger partial charge in [-0.3, -0.25) is 4.79 Å². The summed E-state index contributed by atoms with van der Waals surface area (Å²) in [5, 5.41) is 3.08. The maximum Gasteiger partial charge on any atom is 0.261 e. The molecule has 0 bridgehead atoms. The van der Waals surface area contributed by atoms with Crippen LogP contribution in [0, 0.1) is 0 Å². The van der Waals surface area contributed by atoms with Crippen LogP contribution in [0.4, 0.5) is 0 Å². The summed E-state index contributed by atoms with van der Waals surface area (Å²) in [5.74, 6) is 0.0606. The highest BCUT2D eigenvalue weighted by atomic mass is 32.1. The molecule has 0 atom stereocenters. The van der Waals surface area contributed by atoms with Crippen molar-refractivity contribution in [1.82, 2.24) is 10.2 Å². The average Bonchev–Trinajstić information content (AvgIpc) is 3.04. The van der Waals surface area contributed by atoms with Gasteiger partial charge in [-0.15, -0.1) is 11.3 Å². The SMILES string of the molecule is CCN(C)Cc1cccc(CNC(=O)c2cc3c(s2)CCCC3)c1. The van der Waals surface area contributed by atoms with E-state index in [4.69, 9.17) is 0 Å². The molecule has 1 amide bonds. The smallest absolute Gasteiger partial charge is 0.261 e. The molecule has 0 saturated heterocycles. The van der Waals surface area contributed by atoms with Gasteiger partial charge in [0.05, 0.1) is 4.88 Å². The Morgan fingerprint density at radius 3 is 2.79 bits per heavy atom. The molecule has 3 rings (SSSR count). The Kier molecular flexibility index (Phi) is 5.69. The lowest BCUT2D eigenvalue weighted by molar-refractivity contribution is 0.0955. The Labute approximate surface area is 148 Å². The lowest BCUT2D eigenvalue weighted by Gasteiger charge is -2.14. The third-order valence-electron chi connectivity index (χ3n) is 4.66. The van der Waals surface area contributed by atoms with E-state index in [1.807, 2.05) is 0 Å². The molecule has 0 radical (unpaired) electrons. The molecule has 2 aromatic rings. The first-order chi connectivity index (χ1) is 11.7. The molecule has 1 aromatic carbocycles. The molecule has 1 aromatic heterocycles. The summed E-state index contributed by atoms with van der Waals surface area (Å²) in [6.07, 6.45) is 4.78.